The second kappa shape index (κ2) is 15.3. The van der Waals surface area contributed by atoms with Gasteiger partial charge in [-0.05, 0) is 75.8 Å². The maximum atomic E-state index is 9.51. The molecular formula is C53H34N6. The van der Waals surface area contributed by atoms with Crippen molar-refractivity contribution in [1.29, 1.82) is 5.26 Å². The number of nitriles is 1. The highest BCUT2D eigenvalue weighted by Gasteiger charge is 2.17. The standard InChI is InChI=1S/C53H34N6/c54-35-36-20-22-38(23-21-36)46-33-30-44(37-28-31-45(32-29-37)59-49-19-11-10-18-48(49)55-53(59)43-16-8-3-9-17-43)34-47(46)39-24-26-42(27-25-39)52-57-50(40-12-4-1-5-13-40)56-51(58-52)41-14-6-2-7-15-41/h1-34H. The van der Waals surface area contributed by atoms with Crippen LogP contribution in [0.2, 0.25) is 0 Å². The van der Waals surface area contributed by atoms with E-state index in [0.717, 1.165) is 78.2 Å². The van der Waals surface area contributed by atoms with Gasteiger partial charge in [-0.2, -0.15) is 5.26 Å². The molecule has 10 aromatic rings. The summed E-state index contributed by atoms with van der Waals surface area (Å²) in [5, 5.41) is 9.51. The van der Waals surface area contributed by atoms with Crippen LogP contribution < -0.4 is 0 Å². The predicted molar refractivity (Wildman–Crippen MR) is 237 cm³/mol. The zero-order valence-corrected chi connectivity index (χ0v) is 31.8. The van der Waals surface area contributed by atoms with Gasteiger partial charge in [-0.1, -0.05) is 164 Å². The zero-order valence-electron chi connectivity index (χ0n) is 31.8. The van der Waals surface area contributed by atoms with Crippen LogP contribution >= 0.6 is 0 Å². The van der Waals surface area contributed by atoms with E-state index in [1.54, 1.807) is 0 Å². The van der Waals surface area contributed by atoms with Crippen LogP contribution in [0.5, 0.6) is 0 Å². The molecule has 0 fully saturated rings. The maximum Gasteiger partial charge on any atom is 0.164 e. The summed E-state index contributed by atoms with van der Waals surface area (Å²) in [6.07, 6.45) is 0. The minimum absolute atomic E-state index is 0.603. The van der Waals surface area contributed by atoms with Crippen molar-refractivity contribution in [2.24, 2.45) is 0 Å². The molecule has 0 saturated carbocycles. The van der Waals surface area contributed by atoms with E-state index in [2.05, 4.69) is 108 Å². The van der Waals surface area contributed by atoms with E-state index in [9.17, 15) is 5.26 Å². The first-order valence-electron chi connectivity index (χ1n) is 19.4. The third-order valence-electron chi connectivity index (χ3n) is 10.5. The molecule has 8 aromatic carbocycles. The summed E-state index contributed by atoms with van der Waals surface area (Å²) in [7, 11) is 0. The van der Waals surface area contributed by atoms with Crippen LogP contribution in [0.25, 0.3) is 95.7 Å². The monoisotopic (exact) mass is 754 g/mol. The largest absolute Gasteiger partial charge is 0.292 e. The summed E-state index contributed by atoms with van der Waals surface area (Å²) in [4.78, 5) is 19.8. The van der Waals surface area contributed by atoms with Crippen LogP contribution in [0.3, 0.4) is 0 Å². The Balaban J connectivity index is 1.05. The molecule has 0 aliphatic carbocycles. The van der Waals surface area contributed by atoms with E-state index in [1.807, 2.05) is 109 Å². The second-order valence-corrected chi connectivity index (χ2v) is 14.2. The lowest BCUT2D eigenvalue weighted by atomic mass is 9.90. The highest BCUT2D eigenvalue weighted by Crippen LogP contribution is 2.38. The average molecular weight is 755 g/mol. The lowest BCUT2D eigenvalue weighted by Gasteiger charge is -2.15. The van der Waals surface area contributed by atoms with E-state index in [-0.39, 0.29) is 0 Å². The quantitative estimate of drug-likeness (QED) is 0.154. The van der Waals surface area contributed by atoms with Crippen molar-refractivity contribution in [2.75, 3.05) is 0 Å². The maximum absolute atomic E-state index is 9.51. The number of hydrogen-bond acceptors (Lipinski definition) is 5. The van der Waals surface area contributed by atoms with Crippen molar-refractivity contribution in [2.45, 2.75) is 0 Å². The van der Waals surface area contributed by atoms with Gasteiger partial charge in [-0.15, -0.1) is 0 Å². The topological polar surface area (TPSA) is 80.3 Å². The van der Waals surface area contributed by atoms with Crippen molar-refractivity contribution in [3.8, 4) is 90.7 Å². The molecule has 0 aliphatic rings. The lowest BCUT2D eigenvalue weighted by molar-refractivity contribution is 1.07. The Morgan fingerprint density at radius 2 is 0.814 bits per heavy atom. The van der Waals surface area contributed by atoms with Gasteiger partial charge in [0.2, 0.25) is 0 Å². The molecule has 6 heteroatoms. The van der Waals surface area contributed by atoms with E-state index < -0.39 is 0 Å². The molecule has 0 saturated heterocycles. The van der Waals surface area contributed by atoms with Gasteiger partial charge in [0, 0.05) is 27.9 Å². The molecule has 6 nitrogen and oxygen atoms in total. The molecule has 276 valence electrons. The van der Waals surface area contributed by atoms with E-state index in [0.29, 0.717) is 23.0 Å². The van der Waals surface area contributed by atoms with Gasteiger partial charge in [-0.25, -0.2) is 19.9 Å². The Kier molecular flexibility index (Phi) is 9.14. The Morgan fingerprint density at radius 3 is 1.41 bits per heavy atom. The Bertz CT molecular complexity index is 3060. The van der Waals surface area contributed by atoms with Crippen molar-refractivity contribution in [3.05, 3.63) is 212 Å². The summed E-state index contributed by atoms with van der Waals surface area (Å²) >= 11 is 0. The number of aromatic nitrogens is 5. The van der Waals surface area contributed by atoms with Crippen molar-refractivity contribution in [1.82, 2.24) is 24.5 Å². The number of hydrogen-bond donors (Lipinski definition) is 0. The smallest absolute Gasteiger partial charge is 0.164 e. The van der Waals surface area contributed by atoms with Crippen LogP contribution in [0.1, 0.15) is 5.56 Å². The highest BCUT2D eigenvalue weighted by molar-refractivity contribution is 5.88. The summed E-state index contributed by atoms with van der Waals surface area (Å²) in [6, 6.07) is 72.3. The molecule has 0 bridgehead atoms. The molecule has 0 spiro atoms. The normalized spacial score (nSPS) is 11.0. The third kappa shape index (κ3) is 6.94. The molecule has 2 aromatic heterocycles. The van der Waals surface area contributed by atoms with E-state index >= 15 is 0 Å². The third-order valence-corrected chi connectivity index (χ3v) is 10.5. The van der Waals surface area contributed by atoms with Gasteiger partial charge in [0.05, 0.1) is 22.7 Å². The van der Waals surface area contributed by atoms with Gasteiger partial charge in [-0.3, -0.25) is 4.57 Å². The number of fused-ring (bicyclic) bond motifs is 1. The fourth-order valence-electron chi connectivity index (χ4n) is 7.55. The number of imidazole rings is 1. The fraction of sp³-hybridized carbons (Fsp3) is 0. The zero-order chi connectivity index (χ0) is 39.5. The van der Waals surface area contributed by atoms with Gasteiger partial charge < -0.3 is 0 Å². The molecule has 0 aliphatic heterocycles. The molecule has 0 radical (unpaired) electrons. The molecule has 10 rings (SSSR count). The van der Waals surface area contributed by atoms with Crippen molar-refractivity contribution >= 4 is 11.0 Å². The number of benzene rings is 8. The first-order valence-corrected chi connectivity index (χ1v) is 19.4. The number of nitrogens with zero attached hydrogens (tertiary/aromatic N) is 6. The molecule has 0 N–H and O–H groups in total. The summed E-state index contributed by atoms with van der Waals surface area (Å²) in [5.41, 5.74) is 13.9. The minimum Gasteiger partial charge on any atom is -0.292 e. The van der Waals surface area contributed by atoms with Crippen LogP contribution in [-0.4, -0.2) is 24.5 Å². The van der Waals surface area contributed by atoms with Crippen molar-refractivity contribution in [3.63, 3.8) is 0 Å². The molecule has 2 heterocycles. The van der Waals surface area contributed by atoms with Gasteiger partial charge in [0.15, 0.2) is 17.5 Å². The van der Waals surface area contributed by atoms with Crippen LogP contribution in [-0.2, 0) is 0 Å². The molecule has 59 heavy (non-hydrogen) atoms. The molecule has 0 unspecified atom stereocenters. The fourth-order valence-corrected chi connectivity index (χ4v) is 7.55. The van der Waals surface area contributed by atoms with Crippen molar-refractivity contribution < 1.29 is 0 Å². The first-order chi connectivity index (χ1) is 29.2. The second-order valence-electron chi connectivity index (χ2n) is 14.2. The Morgan fingerprint density at radius 1 is 0.356 bits per heavy atom. The highest BCUT2D eigenvalue weighted by atomic mass is 15.1. The average Bonchev–Trinajstić information content (AvgIpc) is 3.72. The van der Waals surface area contributed by atoms with Gasteiger partial charge in [0.25, 0.3) is 0 Å². The number of para-hydroxylation sites is 2. The van der Waals surface area contributed by atoms with Crippen LogP contribution in [0, 0.1) is 11.3 Å². The summed E-state index contributed by atoms with van der Waals surface area (Å²) < 4.78 is 2.23. The summed E-state index contributed by atoms with van der Waals surface area (Å²) in [5.74, 6) is 2.75. The lowest BCUT2D eigenvalue weighted by Crippen LogP contribution is -2.00. The van der Waals surface area contributed by atoms with Gasteiger partial charge >= 0.3 is 0 Å². The van der Waals surface area contributed by atoms with E-state index in [1.165, 1.54) is 0 Å². The number of rotatable bonds is 8. The SMILES string of the molecule is N#Cc1ccc(-c2ccc(-c3ccc(-n4c(-c5ccccc5)nc5ccccc54)cc3)cc2-c2ccc(-c3nc(-c4ccccc4)nc(-c4ccccc4)n3)cc2)cc1. The molecule has 0 atom stereocenters. The molecule has 0 amide bonds. The van der Waals surface area contributed by atoms with Crippen LogP contribution in [0.4, 0.5) is 0 Å². The molecular weight excluding hydrogens is 721 g/mol. The Hall–Kier alpha value is -8.27. The summed E-state index contributed by atoms with van der Waals surface area (Å²) in [6.45, 7) is 0. The van der Waals surface area contributed by atoms with Gasteiger partial charge in [0.1, 0.15) is 5.82 Å². The minimum atomic E-state index is 0.603. The predicted octanol–water partition coefficient (Wildman–Crippen LogP) is 12.8. The Labute approximate surface area is 342 Å². The first kappa shape index (κ1) is 35.2. The van der Waals surface area contributed by atoms with E-state index in [4.69, 9.17) is 19.9 Å². The van der Waals surface area contributed by atoms with Crippen LogP contribution in [0.15, 0.2) is 206 Å².